The number of aliphatic hydroxyl groups is 1. The Morgan fingerprint density at radius 3 is 2.56 bits per heavy atom. The highest BCUT2D eigenvalue weighted by Gasteiger charge is 2.28. The van der Waals surface area contributed by atoms with Crippen LogP contribution in [0, 0.1) is 6.92 Å². The van der Waals surface area contributed by atoms with Crippen molar-refractivity contribution in [1.82, 2.24) is 9.97 Å². The molecule has 102 valence electrons. The van der Waals surface area contributed by atoms with Gasteiger partial charge in [0, 0.05) is 30.9 Å². The summed E-state index contributed by atoms with van der Waals surface area (Å²) in [5.74, 6) is 0.552. The number of nitrogens with zero attached hydrogens (tertiary/aromatic N) is 1. The number of hydrogen-bond donors (Lipinski definition) is 2. The Morgan fingerprint density at radius 2 is 2.11 bits per heavy atom. The van der Waals surface area contributed by atoms with Gasteiger partial charge in [-0.15, -0.1) is 0 Å². The highest BCUT2D eigenvalue weighted by molar-refractivity contribution is 5.18. The van der Waals surface area contributed by atoms with E-state index in [9.17, 15) is 4.79 Å². The molecule has 5 nitrogen and oxygen atoms in total. The molecule has 1 atom stereocenters. The largest absolute Gasteiger partial charge is 0.396 e. The number of ether oxygens (including phenoxy) is 1. The maximum Gasteiger partial charge on any atom is 0.254 e. The van der Waals surface area contributed by atoms with E-state index < -0.39 is 5.60 Å². The van der Waals surface area contributed by atoms with Gasteiger partial charge in [-0.2, -0.15) is 0 Å². The quantitative estimate of drug-likeness (QED) is 0.801. The number of aliphatic hydroxyl groups excluding tert-OH is 1. The summed E-state index contributed by atoms with van der Waals surface area (Å²) in [4.78, 5) is 19.2. The summed E-state index contributed by atoms with van der Waals surface area (Å²) in [6.45, 7) is 8.12. The minimum Gasteiger partial charge on any atom is -0.396 e. The van der Waals surface area contributed by atoms with Gasteiger partial charge in [0.1, 0.15) is 11.4 Å². The van der Waals surface area contributed by atoms with Gasteiger partial charge in [-0.05, 0) is 27.2 Å². The first-order chi connectivity index (χ1) is 8.48. The zero-order valence-electron chi connectivity index (χ0n) is 11.5. The van der Waals surface area contributed by atoms with Gasteiger partial charge < -0.3 is 14.8 Å². The number of aryl methyl sites for hydroxylation is 1. The zero-order valence-corrected chi connectivity index (χ0v) is 11.5. The molecule has 0 saturated carbocycles. The lowest BCUT2D eigenvalue weighted by atomic mass is 10.0. The second-order valence-corrected chi connectivity index (χ2v) is 4.47. The van der Waals surface area contributed by atoms with Gasteiger partial charge in [0.25, 0.3) is 5.56 Å². The number of aromatic nitrogens is 2. The highest BCUT2D eigenvalue weighted by Crippen LogP contribution is 2.25. The Kier molecular flexibility index (Phi) is 5.04. The van der Waals surface area contributed by atoms with Crippen molar-refractivity contribution in [2.45, 2.75) is 46.1 Å². The normalized spacial score (nSPS) is 14.5. The number of H-pyrrole nitrogens is 1. The summed E-state index contributed by atoms with van der Waals surface area (Å²) in [6, 6.07) is 0. The number of nitrogens with one attached hydrogen (secondary N) is 1. The van der Waals surface area contributed by atoms with E-state index in [-0.39, 0.29) is 12.2 Å². The van der Waals surface area contributed by atoms with Crippen LogP contribution in [-0.2, 0) is 16.8 Å². The molecule has 0 aromatic carbocycles. The van der Waals surface area contributed by atoms with Crippen molar-refractivity contribution in [2.75, 3.05) is 13.2 Å². The molecule has 5 heteroatoms. The van der Waals surface area contributed by atoms with Crippen molar-refractivity contribution in [3.05, 3.63) is 27.4 Å². The van der Waals surface area contributed by atoms with Crippen LogP contribution in [0.25, 0.3) is 0 Å². The SMILES string of the molecule is CCOC(C)(CC)c1nc(C)c(CCO)c(=O)[nH]1. The summed E-state index contributed by atoms with van der Waals surface area (Å²) >= 11 is 0. The maximum absolute atomic E-state index is 12.0. The van der Waals surface area contributed by atoms with Gasteiger partial charge >= 0.3 is 0 Å². The Labute approximate surface area is 107 Å². The Morgan fingerprint density at radius 1 is 1.44 bits per heavy atom. The highest BCUT2D eigenvalue weighted by atomic mass is 16.5. The molecule has 1 heterocycles. The molecule has 0 aliphatic carbocycles. The molecule has 0 radical (unpaired) electrons. The van der Waals surface area contributed by atoms with Crippen molar-refractivity contribution in [1.29, 1.82) is 0 Å². The summed E-state index contributed by atoms with van der Waals surface area (Å²) < 4.78 is 5.69. The summed E-state index contributed by atoms with van der Waals surface area (Å²) in [5, 5.41) is 8.92. The third kappa shape index (κ3) is 2.97. The van der Waals surface area contributed by atoms with Crippen molar-refractivity contribution in [3.8, 4) is 0 Å². The van der Waals surface area contributed by atoms with E-state index >= 15 is 0 Å². The van der Waals surface area contributed by atoms with Crippen LogP contribution in [-0.4, -0.2) is 28.3 Å². The van der Waals surface area contributed by atoms with E-state index in [4.69, 9.17) is 9.84 Å². The average Bonchev–Trinajstić information content (AvgIpc) is 2.33. The Hall–Kier alpha value is -1.20. The first-order valence-electron chi connectivity index (χ1n) is 6.33. The lowest BCUT2D eigenvalue weighted by molar-refractivity contribution is -0.0393. The molecule has 0 spiro atoms. The van der Waals surface area contributed by atoms with E-state index in [1.165, 1.54) is 0 Å². The third-order valence-electron chi connectivity index (χ3n) is 3.22. The Balaban J connectivity index is 3.23. The van der Waals surface area contributed by atoms with Crippen LogP contribution in [0.15, 0.2) is 4.79 Å². The van der Waals surface area contributed by atoms with Gasteiger partial charge in [-0.3, -0.25) is 4.79 Å². The lowest BCUT2D eigenvalue weighted by Crippen LogP contribution is -2.32. The van der Waals surface area contributed by atoms with Crippen LogP contribution >= 0.6 is 0 Å². The fourth-order valence-electron chi connectivity index (χ4n) is 1.92. The molecule has 0 fully saturated rings. The average molecular weight is 254 g/mol. The summed E-state index contributed by atoms with van der Waals surface area (Å²) in [5.41, 5.74) is 0.431. The van der Waals surface area contributed by atoms with Crippen molar-refractivity contribution >= 4 is 0 Å². The zero-order chi connectivity index (χ0) is 13.8. The lowest BCUT2D eigenvalue weighted by Gasteiger charge is -2.27. The molecule has 1 rings (SSSR count). The van der Waals surface area contributed by atoms with E-state index in [2.05, 4.69) is 9.97 Å². The molecule has 1 aromatic rings. The van der Waals surface area contributed by atoms with Crippen LogP contribution in [0.5, 0.6) is 0 Å². The standard InChI is InChI=1S/C13H22N2O3/c1-5-13(4,18-6-2)12-14-9(3)10(7-8-16)11(17)15-12/h16H,5-8H2,1-4H3,(H,14,15,17). The van der Waals surface area contributed by atoms with Crippen molar-refractivity contribution in [2.24, 2.45) is 0 Å². The molecular weight excluding hydrogens is 232 g/mol. The molecule has 0 amide bonds. The van der Waals surface area contributed by atoms with Crippen LogP contribution < -0.4 is 5.56 Å². The monoisotopic (exact) mass is 254 g/mol. The van der Waals surface area contributed by atoms with Gasteiger partial charge in [-0.1, -0.05) is 6.92 Å². The number of rotatable bonds is 6. The minimum atomic E-state index is -0.573. The van der Waals surface area contributed by atoms with Gasteiger partial charge in [0.15, 0.2) is 0 Å². The smallest absolute Gasteiger partial charge is 0.254 e. The molecule has 18 heavy (non-hydrogen) atoms. The van der Waals surface area contributed by atoms with Crippen LogP contribution in [0.1, 0.15) is 44.3 Å². The van der Waals surface area contributed by atoms with Gasteiger partial charge in [-0.25, -0.2) is 4.98 Å². The molecule has 2 N–H and O–H groups in total. The molecule has 0 bridgehead atoms. The van der Waals surface area contributed by atoms with Gasteiger partial charge in [0.05, 0.1) is 0 Å². The molecule has 0 aliphatic rings. The fourth-order valence-corrected chi connectivity index (χ4v) is 1.92. The van der Waals surface area contributed by atoms with Crippen LogP contribution in [0.3, 0.4) is 0 Å². The topological polar surface area (TPSA) is 75.2 Å². The molecule has 1 unspecified atom stereocenters. The first-order valence-corrected chi connectivity index (χ1v) is 6.33. The fraction of sp³-hybridized carbons (Fsp3) is 0.692. The third-order valence-corrected chi connectivity index (χ3v) is 3.22. The van der Waals surface area contributed by atoms with E-state index in [1.54, 1.807) is 6.92 Å². The predicted molar refractivity (Wildman–Crippen MR) is 69.7 cm³/mol. The molecule has 0 saturated heterocycles. The molecule has 1 aromatic heterocycles. The van der Waals surface area contributed by atoms with E-state index in [0.717, 1.165) is 6.42 Å². The van der Waals surface area contributed by atoms with Crippen molar-refractivity contribution in [3.63, 3.8) is 0 Å². The van der Waals surface area contributed by atoms with E-state index in [1.807, 2.05) is 20.8 Å². The second kappa shape index (κ2) is 6.11. The Bertz CT molecular complexity index is 456. The van der Waals surface area contributed by atoms with E-state index in [0.29, 0.717) is 30.1 Å². The maximum atomic E-state index is 12.0. The molecular formula is C13H22N2O3. The summed E-state index contributed by atoms with van der Waals surface area (Å²) in [7, 11) is 0. The first kappa shape index (κ1) is 14.9. The minimum absolute atomic E-state index is 0.0541. The molecule has 0 aliphatic heterocycles. The number of hydrogen-bond acceptors (Lipinski definition) is 4. The van der Waals surface area contributed by atoms with Gasteiger partial charge in [0.2, 0.25) is 0 Å². The number of aromatic amines is 1. The second-order valence-electron chi connectivity index (χ2n) is 4.47. The van der Waals surface area contributed by atoms with Crippen molar-refractivity contribution < 1.29 is 9.84 Å². The summed E-state index contributed by atoms with van der Waals surface area (Å²) in [6.07, 6.45) is 1.05. The van der Waals surface area contributed by atoms with Crippen LogP contribution in [0.2, 0.25) is 0 Å². The predicted octanol–water partition coefficient (Wildman–Crippen LogP) is 1.27. The van der Waals surface area contributed by atoms with Crippen LogP contribution in [0.4, 0.5) is 0 Å².